The number of hydrogen-bond donors (Lipinski definition) is 3. The lowest BCUT2D eigenvalue weighted by molar-refractivity contribution is -0.149. The van der Waals surface area contributed by atoms with E-state index >= 15 is 0 Å². The Morgan fingerprint density at radius 1 is 1.00 bits per heavy atom. The zero-order chi connectivity index (χ0) is 29.0. The van der Waals surface area contributed by atoms with E-state index in [0.29, 0.717) is 36.8 Å². The lowest BCUT2D eigenvalue weighted by atomic mass is 9.81. The molecular weight excluding hydrogens is 594 g/mol. The molecule has 2 atom stereocenters. The third kappa shape index (κ3) is 13.3. The molecule has 0 aromatic carbocycles. The van der Waals surface area contributed by atoms with Crippen LogP contribution in [-0.2, 0) is 23.9 Å². The van der Waals surface area contributed by atoms with Gasteiger partial charge >= 0.3 is 12.1 Å². The number of nitrogens with one attached hydrogen (secondary N) is 3. The van der Waals surface area contributed by atoms with Crippen molar-refractivity contribution in [2.75, 3.05) is 24.2 Å². The Morgan fingerprint density at radius 3 is 2.16 bits per heavy atom. The Balaban J connectivity index is 2.83. The van der Waals surface area contributed by atoms with Crippen molar-refractivity contribution in [3.8, 4) is 0 Å². The Kier molecular flexibility index (Phi) is 14.9. The molecule has 12 heteroatoms. The molecule has 0 aromatic heterocycles. The SMILES string of the molecule is CCOC(=O)[C@H](CCBr)NC(=O)C1(CCNC(=O)[C@H](CSSC(C)(C)C)NC(=O)OC(C)(C)C)CCCC1. The molecule has 1 aliphatic carbocycles. The summed E-state index contributed by atoms with van der Waals surface area (Å²) in [6, 6.07) is -1.50. The summed E-state index contributed by atoms with van der Waals surface area (Å²) in [7, 11) is 3.14. The van der Waals surface area contributed by atoms with Gasteiger partial charge in [0.1, 0.15) is 17.7 Å². The van der Waals surface area contributed by atoms with Gasteiger partial charge in [0.2, 0.25) is 11.8 Å². The Hall–Kier alpha value is -1.14. The number of halogens is 1. The van der Waals surface area contributed by atoms with E-state index < -0.39 is 35.2 Å². The molecule has 3 amide bonds. The summed E-state index contributed by atoms with van der Waals surface area (Å²) in [6.07, 6.45) is 3.42. The lowest BCUT2D eigenvalue weighted by Gasteiger charge is -2.30. The first-order valence-electron chi connectivity index (χ1n) is 13.2. The molecule has 1 fully saturated rings. The third-order valence-electron chi connectivity index (χ3n) is 5.77. The number of carbonyl (C=O) groups is 4. The predicted octanol–water partition coefficient (Wildman–Crippen LogP) is 4.96. The van der Waals surface area contributed by atoms with E-state index in [-0.39, 0.29) is 29.7 Å². The number of hydrogen-bond acceptors (Lipinski definition) is 8. The number of rotatable bonds is 14. The van der Waals surface area contributed by atoms with Gasteiger partial charge in [0.15, 0.2) is 0 Å². The van der Waals surface area contributed by atoms with Crippen LogP contribution in [0.25, 0.3) is 0 Å². The van der Waals surface area contributed by atoms with E-state index in [9.17, 15) is 19.2 Å². The van der Waals surface area contributed by atoms with E-state index in [1.54, 1.807) is 38.5 Å². The van der Waals surface area contributed by atoms with Gasteiger partial charge in [-0.3, -0.25) is 9.59 Å². The second kappa shape index (κ2) is 16.2. The van der Waals surface area contributed by atoms with Crippen LogP contribution in [0.5, 0.6) is 0 Å². The van der Waals surface area contributed by atoms with E-state index in [0.717, 1.165) is 12.8 Å². The minimum absolute atomic E-state index is 0.00391. The highest BCUT2D eigenvalue weighted by atomic mass is 79.9. The third-order valence-corrected chi connectivity index (χ3v) is 9.58. The van der Waals surface area contributed by atoms with Gasteiger partial charge in [0.05, 0.1) is 12.0 Å². The van der Waals surface area contributed by atoms with Gasteiger partial charge in [0, 0.05) is 22.4 Å². The van der Waals surface area contributed by atoms with Crippen molar-refractivity contribution in [3.63, 3.8) is 0 Å². The molecule has 0 unspecified atom stereocenters. The topological polar surface area (TPSA) is 123 Å². The highest BCUT2D eigenvalue weighted by Gasteiger charge is 2.42. The fourth-order valence-electron chi connectivity index (χ4n) is 4.01. The zero-order valence-corrected chi connectivity index (χ0v) is 27.1. The maximum atomic E-state index is 13.4. The molecule has 220 valence electrons. The second-order valence-electron chi connectivity index (χ2n) is 11.5. The van der Waals surface area contributed by atoms with Crippen LogP contribution in [0.4, 0.5) is 4.79 Å². The van der Waals surface area contributed by atoms with Gasteiger partial charge in [-0.2, -0.15) is 0 Å². The molecule has 0 saturated heterocycles. The minimum atomic E-state index is -0.787. The predicted molar refractivity (Wildman–Crippen MR) is 158 cm³/mol. The summed E-state index contributed by atoms with van der Waals surface area (Å²) in [4.78, 5) is 51.2. The highest BCUT2D eigenvalue weighted by Crippen LogP contribution is 2.41. The van der Waals surface area contributed by atoms with Crippen LogP contribution in [-0.4, -0.2) is 70.5 Å². The molecule has 0 radical (unpaired) electrons. The normalized spacial score (nSPS) is 16.7. The largest absolute Gasteiger partial charge is 0.464 e. The number of esters is 1. The standard InChI is InChI=1S/C26H46BrN3O6S2/c1-8-35-21(32)18(11-15-27)29-22(33)26(12-9-10-13-26)14-16-28-20(31)19(17-37-38-25(5,6)7)30-23(34)36-24(2,3)4/h18-19H,8-17H2,1-7H3,(H,28,31)(H,29,33)(H,30,34)/t18-,19-/m0/s1. The number of alkyl halides is 1. The Morgan fingerprint density at radius 2 is 1.63 bits per heavy atom. The number of carbonyl (C=O) groups excluding carboxylic acids is 4. The van der Waals surface area contributed by atoms with Crippen molar-refractivity contribution >= 4 is 61.4 Å². The summed E-state index contributed by atoms with van der Waals surface area (Å²) in [6.45, 7) is 13.8. The Labute approximate surface area is 244 Å². The van der Waals surface area contributed by atoms with Gasteiger partial charge < -0.3 is 25.4 Å². The van der Waals surface area contributed by atoms with Gasteiger partial charge in [-0.15, -0.1) is 0 Å². The highest BCUT2D eigenvalue weighted by molar-refractivity contribution is 9.09. The molecule has 0 aliphatic heterocycles. The van der Waals surface area contributed by atoms with E-state index in [2.05, 4.69) is 52.7 Å². The monoisotopic (exact) mass is 639 g/mol. The van der Waals surface area contributed by atoms with Gasteiger partial charge in [-0.1, -0.05) is 71.1 Å². The van der Waals surface area contributed by atoms with E-state index in [1.807, 2.05) is 0 Å². The quantitative estimate of drug-likeness (QED) is 0.138. The summed E-state index contributed by atoms with van der Waals surface area (Å²) in [5, 5.41) is 9.06. The molecule has 0 spiro atoms. The lowest BCUT2D eigenvalue weighted by Crippen LogP contribution is -2.51. The van der Waals surface area contributed by atoms with E-state index in [4.69, 9.17) is 9.47 Å². The molecular formula is C26H46BrN3O6S2. The zero-order valence-electron chi connectivity index (χ0n) is 23.9. The first kappa shape index (κ1) is 34.9. The number of ether oxygens (including phenoxy) is 2. The molecule has 1 rings (SSSR count). The van der Waals surface area contributed by atoms with Crippen molar-refractivity contribution in [2.24, 2.45) is 5.41 Å². The summed E-state index contributed by atoms with van der Waals surface area (Å²) in [5.41, 5.74) is -1.34. The molecule has 3 N–H and O–H groups in total. The van der Waals surface area contributed by atoms with Crippen LogP contribution < -0.4 is 16.0 Å². The van der Waals surface area contributed by atoms with Crippen LogP contribution in [0.3, 0.4) is 0 Å². The van der Waals surface area contributed by atoms with Crippen LogP contribution in [0.1, 0.15) is 87.0 Å². The smallest absolute Gasteiger partial charge is 0.408 e. The molecule has 0 heterocycles. The second-order valence-corrected chi connectivity index (χ2v) is 15.4. The average Bonchev–Trinajstić information content (AvgIpc) is 3.26. The summed E-state index contributed by atoms with van der Waals surface area (Å²) < 4.78 is 10.5. The fourth-order valence-corrected chi connectivity index (χ4v) is 6.94. The Bertz CT molecular complexity index is 795. The van der Waals surface area contributed by atoms with Crippen molar-refractivity contribution in [1.29, 1.82) is 0 Å². The van der Waals surface area contributed by atoms with Crippen LogP contribution >= 0.6 is 37.5 Å². The maximum absolute atomic E-state index is 13.4. The fraction of sp³-hybridized carbons (Fsp3) is 0.846. The molecule has 1 aliphatic rings. The van der Waals surface area contributed by atoms with Crippen molar-refractivity contribution < 1.29 is 28.7 Å². The first-order chi connectivity index (χ1) is 17.6. The van der Waals surface area contributed by atoms with Crippen LogP contribution in [0.2, 0.25) is 0 Å². The average molecular weight is 641 g/mol. The minimum Gasteiger partial charge on any atom is -0.464 e. The molecule has 38 heavy (non-hydrogen) atoms. The van der Waals surface area contributed by atoms with Crippen molar-refractivity contribution in [1.82, 2.24) is 16.0 Å². The molecule has 0 aromatic rings. The number of amides is 3. The van der Waals surface area contributed by atoms with Crippen molar-refractivity contribution in [2.45, 2.75) is 109 Å². The summed E-state index contributed by atoms with van der Waals surface area (Å²) >= 11 is 3.34. The molecule has 1 saturated carbocycles. The van der Waals surface area contributed by atoms with Crippen molar-refractivity contribution in [3.05, 3.63) is 0 Å². The first-order valence-corrected chi connectivity index (χ1v) is 16.7. The maximum Gasteiger partial charge on any atom is 0.408 e. The van der Waals surface area contributed by atoms with Crippen LogP contribution in [0, 0.1) is 5.41 Å². The van der Waals surface area contributed by atoms with Crippen LogP contribution in [0.15, 0.2) is 0 Å². The van der Waals surface area contributed by atoms with Gasteiger partial charge in [0.25, 0.3) is 0 Å². The summed E-state index contributed by atoms with van der Waals surface area (Å²) in [5.74, 6) is -0.575. The molecule has 9 nitrogen and oxygen atoms in total. The molecule has 0 bridgehead atoms. The van der Waals surface area contributed by atoms with E-state index in [1.165, 1.54) is 10.8 Å². The van der Waals surface area contributed by atoms with Gasteiger partial charge in [-0.05, 0) is 53.4 Å². The number of alkyl carbamates (subject to hydrolysis) is 1. The van der Waals surface area contributed by atoms with Gasteiger partial charge in [-0.25, -0.2) is 9.59 Å².